The van der Waals surface area contributed by atoms with E-state index in [0.29, 0.717) is 22.2 Å². The van der Waals surface area contributed by atoms with Crippen molar-refractivity contribution in [2.75, 3.05) is 0 Å². The Bertz CT molecular complexity index is 715. The summed E-state index contributed by atoms with van der Waals surface area (Å²) in [5.74, 6) is 0. The van der Waals surface area contributed by atoms with Gasteiger partial charge in [0.25, 0.3) is 5.69 Å². The fraction of sp³-hybridized carbons (Fsp3) is 0.0714. The van der Waals surface area contributed by atoms with Crippen LogP contribution in [0.1, 0.15) is 11.1 Å². The van der Waals surface area contributed by atoms with Crippen molar-refractivity contribution in [2.45, 2.75) is 6.54 Å². The summed E-state index contributed by atoms with van der Waals surface area (Å²) in [4.78, 5) is 10.3. The van der Waals surface area contributed by atoms with Crippen LogP contribution in [0.2, 0.25) is 15.1 Å². The number of nitrogens with one attached hydrogen (secondary N) is 1. The lowest BCUT2D eigenvalue weighted by atomic mass is 10.2. The Morgan fingerprint density at radius 1 is 1.14 bits per heavy atom. The summed E-state index contributed by atoms with van der Waals surface area (Å²) in [7, 11) is 0. The van der Waals surface area contributed by atoms with E-state index in [1.54, 1.807) is 24.3 Å². The molecular formula is C14H10Cl3N3O2. The molecule has 0 heterocycles. The number of nitro benzene ring substituents is 1. The van der Waals surface area contributed by atoms with E-state index in [4.69, 9.17) is 34.8 Å². The van der Waals surface area contributed by atoms with Gasteiger partial charge in [-0.25, -0.2) is 0 Å². The molecule has 0 spiro atoms. The summed E-state index contributed by atoms with van der Waals surface area (Å²) in [6.07, 6.45) is 1.45. The molecule has 2 rings (SSSR count). The minimum atomic E-state index is -0.545. The van der Waals surface area contributed by atoms with Crippen molar-refractivity contribution < 1.29 is 4.92 Å². The monoisotopic (exact) mass is 357 g/mol. The highest BCUT2D eigenvalue weighted by Gasteiger charge is 2.11. The first-order valence-corrected chi connectivity index (χ1v) is 7.25. The molecule has 0 aliphatic carbocycles. The Morgan fingerprint density at radius 2 is 1.82 bits per heavy atom. The van der Waals surface area contributed by atoms with E-state index >= 15 is 0 Å². The van der Waals surface area contributed by atoms with Gasteiger partial charge in [0.2, 0.25) is 0 Å². The highest BCUT2D eigenvalue weighted by Crippen LogP contribution is 2.25. The predicted molar refractivity (Wildman–Crippen MR) is 89.0 cm³/mol. The van der Waals surface area contributed by atoms with Crippen molar-refractivity contribution in [1.29, 1.82) is 0 Å². The van der Waals surface area contributed by atoms with Gasteiger partial charge in [-0.1, -0.05) is 46.9 Å². The number of nitro groups is 1. The zero-order valence-electron chi connectivity index (χ0n) is 11.1. The zero-order chi connectivity index (χ0) is 16.1. The second-order valence-corrected chi connectivity index (χ2v) is 5.48. The molecule has 114 valence electrons. The van der Waals surface area contributed by atoms with Gasteiger partial charge in [-0.3, -0.25) is 10.1 Å². The summed E-state index contributed by atoms with van der Waals surface area (Å²) < 4.78 is 0. The van der Waals surface area contributed by atoms with E-state index < -0.39 is 4.92 Å². The number of halogens is 3. The molecule has 0 saturated heterocycles. The number of benzene rings is 2. The number of nitrogens with zero attached hydrogens (tertiary/aromatic N) is 2. The van der Waals surface area contributed by atoms with Crippen molar-refractivity contribution in [3.63, 3.8) is 0 Å². The smallest absolute Gasteiger partial charge is 0.288 e. The van der Waals surface area contributed by atoms with Crippen LogP contribution < -0.4 is 5.43 Å². The van der Waals surface area contributed by atoms with Crippen LogP contribution in [0.15, 0.2) is 41.5 Å². The first-order valence-electron chi connectivity index (χ1n) is 6.12. The molecule has 0 aromatic heterocycles. The largest absolute Gasteiger partial charge is 0.306 e. The van der Waals surface area contributed by atoms with Crippen molar-refractivity contribution in [3.8, 4) is 0 Å². The lowest BCUT2D eigenvalue weighted by molar-refractivity contribution is -0.384. The molecular weight excluding hydrogens is 349 g/mol. The molecule has 0 radical (unpaired) electrons. The lowest BCUT2D eigenvalue weighted by Gasteiger charge is -2.05. The maximum Gasteiger partial charge on any atom is 0.288 e. The molecule has 8 heteroatoms. The van der Waals surface area contributed by atoms with E-state index in [0.717, 1.165) is 5.56 Å². The number of hydrazone groups is 1. The summed E-state index contributed by atoms with van der Waals surface area (Å²) >= 11 is 17.8. The highest BCUT2D eigenvalue weighted by atomic mass is 35.5. The zero-order valence-corrected chi connectivity index (χ0v) is 13.4. The first kappa shape index (κ1) is 16.5. The molecule has 0 aliphatic rings. The van der Waals surface area contributed by atoms with Gasteiger partial charge in [0.1, 0.15) is 5.02 Å². The minimum Gasteiger partial charge on any atom is -0.306 e. The average Bonchev–Trinajstić information content (AvgIpc) is 2.47. The molecule has 0 aliphatic heterocycles. The second-order valence-electron chi connectivity index (χ2n) is 4.26. The molecule has 0 saturated carbocycles. The Balaban J connectivity index is 2.04. The topological polar surface area (TPSA) is 67.5 Å². The van der Waals surface area contributed by atoms with E-state index in [-0.39, 0.29) is 10.7 Å². The van der Waals surface area contributed by atoms with Gasteiger partial charge in [-0.15, -0.1) is 0 Å². The SMILES string of the molecule is O=[N+]([O-])c1cc(/C=N\NCc2c(Cl)cccc2Cl)ccc1Cl. The van der Waals surface area contributed by atoms with Gasteiger partial charge in [0, 0.05) is 27.2 Å². The van der Waals surface area contributed by atoms with Gasteiger partial charge >= 0.3 is 0 Å². The Hall–Kier alpha value is -1.82. The average molecular weight is 359 g/mol. The van der Waals surface area contributed by atoms with Crippen LogP contribution in [0.25, 0.3) is 0 Å². The molecule has 0 fully saturated rings. The predicted octanol–water partition coefficient (Wildman–Crippen LogP) is 4.68. The molecule has 22 heavy (non-hydrogen) atoms. The van der Waals surface area contributed by atoms with Gasteiger partial charge < -0.3 is 5.43 Å². The van der Waals surface area contributed by atoms with Crippen molar-refractivity contribution in [3.05, 3.63) is 72.7 Å². The van der Waals surface area contributed by atoms with Crippen LogP contribution in [0.5, 0.6) is 0 Å². The van der Waals surface area contributed by atoms with Crippen LogP contribution in [0.3, 0.4) is 0 Å². The maximum atomic E-state index is 10.8. The Kier molecular flexibility index (Phi) is 5.60. The van der Waals surface area contributed by atoms with Gasteiger partial charge in [-0.2, -0.15) is 5.10 Å². The van der Waals surface area contributed by atoms with Crippen molar-refractivity contribution in [1.82, 2.24) is 5.43 Å². The van der Waals surface area contributed by atoms with Crippen molar-refractivity contribution in [2.24, 2.45) is 5.10 Å². The molecule has 0 bridgehead atoms. The third-order valence-corrected chi connectivity index (χ3v) is 3.82. The van der Waals surface area contributed by atoms with Crippen LogP contribution in [0.4, 0.5) is 5.69 Å². The van der Waals surface area contributed by atoms with E-state index in [1.165, 1.54) is 18.3 Å². The summed E-state index contributed by atoms with van der Waals surface area (Å²) in [5.41, 5.74) is 3.90. The van der Waals surface area contributed by atoms with Crippen LogP contribution in [0, 0.1) is 10.1 Å². The van der Waals surface area contributed by atoms with Gasteiger partial charge in [-0.05, 0) is 18.2 Å². The second kappa shape index (κ2) is 7.45. The number of hydrogen-bond acceptors (Lipinski definition) is 4. The molecule has 0 atom stereocenters. The number of rotatable bonds is 5. The van der Waals surface area contributed by atoms with Crippen molar-refractivity contribution >= 4 is 46.7 Å². The third-order valence-electron chi connectivity index (χ3n) is 2.79. The van der Waals surface area contributed by atoms with Crippen LogP contribution >= 0.6 is 34.8 Å². The van der Waals surface area contributed by atoms with Crippen LogP contribution in [-0.4, -0.2) is 11.1 Å². The highest BCUT2D eigenvalue weighted by molar-refractivity contribution is 6.36. The molecule has 0 amide bonds. The minimum absolute atomic E-state index is 0.0814. The molecule has 5 nitrogen and oxygen atoms in total. The standard InChI is InChI=1S/C14H10Cl3N3O2/c15-11-2-1-3-12(16)10(11)8-19-18-7-9-4-5-13(17)14(6-9)20(21)22/h1-7,19H,8H2/b18-7-. The summed E-state index contributed by atoms with van der Waals surface area (Å²) in [5, 5.41) is 15.9. The van der Waals surface area contributed by atoms with Gasteiger partial charge in [0.15, 0.2) is 0 Å². The molecule has 0 unspecified atom stereocenters. The Labute approximate surface area is 141 Å². The summed E-state index contributed by atoms with van der Waals surface area (Å²) in [6, 6.07) is 9.64. The molecule has 1 N–H and O–H groups in total. The maximum absolute atomic E-state index is 10.8. The molecule has 2 aromatic carbocycles. The summed E-state index contributed by atoms with van der Waals surface area (Å²) in [6.45, 7) is 0.338. The fourth-order valence-electron chi connectivity index (χ4n) is 1.70. The third kappa shape index (κ3) is 4.10. The fourth-order valence-corrected chi connectivity index (χ4v) is 2.41. The van der Waals surface area contributed by atoms with Gasteiger partial charge in [0.05, 0.1) is 17.7 Å². The number of hydrogen-bond donors (Lipinski definition) is 1. The van der Waals surface area contributed by atoms with E-state index in [2.05, 4.69) is 10.5 Å². The quantitative estimate of drug-likeness (QED) is 0.479. The van der Waals surface area contributed by atoms with E-state index in [9.17, 15) is 10.1 Å². The van der Waals surface area contributed by atoms with E-state index in [1.807, 2.05) is 0 Å². The first-order chi connectivity index (χ1) is 10.5. The van der Waals surface area contributed by atoms with Crippen LogP contribution in [-0.2, 0) is 6.54 Å². The Morgan fingerprint density at radius 3 is 2.45 bits per heavy atom. The normalized spacial score (nSPS) is 10.9. The lowest BCUT2D eigenvalue weighted by Crippen LogP contribution is -2.06. The molecule has 2 aromatic rings.